The van der Waals surface area contributed by atoms with E-state index in [0.29, 0.717) is 5.54 Å². The van der Waals surface area contributed by atoms with E-state index in [4.69, 9.17) is 0 Å². The Morgan fingerprint density at radius 2 is 1.94 bits per heavy atom. The first kappa shape index (κ1) is 13.4. The standard InChI is InChI=1S/C16H26N2/c1-5-16(6-2)12-18(11-10-17-16)15-9-7-8-13(3)14(15)4/h7-9,17H,5-6,10-12H2,1-4H3. The SMILES string of the molecule is CCC1(CC)CN(c2cccc(C)c2C)CCN1. The van der Waals surface area contributed by atoms with Crippen LogP contribution >= 0.6 is 0 Å². The Morgan fingerprint density at radius 3 is 2.61 bits per heavy atom. The number of nitrogens with zero attached hydrogens (tertiary/aromatic N) is 1. The van der Waals surface area contributed by atoms with Crippen LogP contribution in [0, 0.1) is 13.8 Å². The second kappa shape index (κ2) is 5.31. The summed E-state index contributed by atoms with van der Waals surface area (Å²) in [6.45, 7) is 12.4. The fourth-order valence-corrected chi connectivity index (χ4v) is 2.96. The van der Waals surface area contributed by atoms with Gasteiger partial charge in [0.15, 0.2) is 0 Å². The van der Waals surface area contributed by atoms with Gasteiger partial charge in [0, 0.05) is 30.9 Å². The molecule has 1 heterocycles. The quantitative estimate of drug-likeness (QED) is 0.880. The summed E-state index contributed by atoms with van der Waals surface area (Å²) in [6.07, 6.45) is 2.40. The Balaban J connectivity index is 2.26. The number of benzene rings is 1. The van der Waals surface area contributed by atoms with Crippen molar-refractivity contribution in [2.75, 3.05) is 24.5 Å². The summed E-state index contributed by atoms with van der Waals surface area (Å²) in [4.78, 5) is 2.56. The Kier molecular flexibility index (Phi) is 3.96. The predicted molar refractivity (Wildman–Crippen MR) is 79.4 cm³/mol. The molecule has 0 saturated carbocycles. The van der Waals surface area contributed by atoms with E-state index in [2.05, 4.69) is 56.1 Å². The first-order valence-electron chi connectivity index (χ1n) is 7.18. The molecule has 1 aliphatic heterocycles. The van der Waals surface area contributed by atoms with Crippen molar-refractivity contribution in [3.05, 3.63) is 29.3 Å². The molecule has 2 heteroatoms. The van der Waals surface area contributed by atoms with E-state index in [1.165, 1.54) is 29.7 Å². The van der Waals surface area contributed by atoms with Gasteiger partial charge < -0.3 is 10.2 Å². The largest absolute Gasteiger partial charge is 0.368 e. The lowest BCUT2D eigenvalue weighted by Crippen LogP contribution is -2.60. The highest BCUT2D eigenvalue weighted by Gasteiger charge is 2.32. The molecule has 1 aromatic carbocycles. The van der Waals surface area contributed by atoms with Gasteiger partial charge in [-0.3, -0.25) is 0 Å². The highest BCUT2D eigenvalue weighted by molar-refractivity contribution is 5.56. The second-order valence-electron chi connectivity index (χ2n) is 5.55. The topological polar surface area (TPSA) is 15.3 Å². The molecule has 2 rings (SSSR count). The average Bonchev–Trinajstić information content (AvgIpc) is 2.42. The van der Waals surface area contributed by atoms with E-state index < -0.39 is 0 Å². The fraction of sp³-hybridized carbons (Fsp3) is 0.625. The minimum atomic E-state index is 0.300. The van der Waals surface area contributed by atoms with Crippen LogP contribution in [0.4, 0.5) is 5.69 Å². The first-order chi connectivity index (χ1) is 8.62. The van der Waals surface area contributed by atoms with Crippen LogP contribution in [0.3, 0.4) is 0 Å². The zero-order valence-corrected chi connectivity index (χ0v) is 12.2. The number of hydrogen-bond acceptors (Lipinski definition) is 2. The lowest BCUT2D eigenvalue weighted by Gasteiger charge is -2.44. The number of hydrogen-bond donors (Lipinski definition) is 1. The Morgan fingerprint density at radius 1 is 1.22 bits per heavy atom. The number of aryl methyl sites for hydroxylation is 1. The Bertz CT molecular complexity index is 408. The van der Waals surface area contributed by atoms with Gasteiger partial charge in [-0.25, -0.2) is 0 Å². The molecular formula is C16H26N2. The van der Waals surface area contributed by atoms with Crippen LogP contribution in [0.2, 0.25) is 0 Å². The van der Waals surface area contributed by atoms with Crippen molar-refractivity contribution in [2.24, 2.45) is 0 Å². The summed E-state index contributed by atoms with van der Waals surface area (Å²) >= 11 is 0. The van der Waals surface area contributed by atoms with Crippen LogP contribution in [0.25, 0.3) is 0 Å². The van der Waals surface area contributed by atoms with Gasteiger partial charge in [-0.15, -0.1) is 0 Å². The minimum absolute atomic E-state index is 0.300. The van der Waals surface area contributed by atoms with Gasteiger partial charge in [-0.1, -0.05) is 26.0 Å². The van der Waals surface area contributed by atoms with Crippen LogP contribution in [0.15, 0.2) is 18.2 Å². The van der Waals surface area contributed by atoms with Crippen molar-refractivity contribution >= 4 is 5.69 Å². The van der Waals surface area contributed by atoms with Gasteiger partial charge >= 0.3 is 0 Å². The van der Waals surface area contributed by atoms with Gasteiger partial charge in [-0.2, -0.15) is 0 Å². The number of nitrogens with one attached hydrogen (secondary N) is 1. The van der Waals surface area contributed by atoms with Crippen molar-refractivity contribution in [3.63, 3.8) is 0 Å². The molecule has 0 spiro atoms. The molecule has 1 aliphatic rings. The maximum Gasteiger partial charge on any atom is 0.0399 e. The van der Waals surface area contributed by atoms with Gasteiger partial charge in [0.2, 0.25) is 0 Å². The molecule has 1 aromatic rings. The normalized spacial score (nSPS) is 19.0. The van der Waals surface area contributed by atoms with Crippen molar-refractivity contribution in [3.8, 4) is 0 Å². The van der Waals surface area contributed by atoms with Gasteiger partial charge in [-0.05, 0) is 43.9 Å². The molecule has 0 atom stereocenters. The lowest BCUT2D eigenvalue weighted by molar-refractivity contribution is 0.277. The van der Waals surface area contributed by atoms with Gasteiger partial charge in [0.25, 0.3) is 0 Å². The summed E-state index contributed by atoms with van der Waals surface area (Å²) in [7, 11) is 0. The number of piperazine rings is 1. The maximum absolute atomic E-state index is 3.72. The molecule has 100 valence electrons. The molecule has 0 unspecified atom stereocenters. The monoisotopic (exact) mass is 246 g/mol. The number of rotatable bonds is 3. The van der Waals surface area contributed by atoms with Crippen LogP contribution in [0.1, 0.15) is 37.8 Å². The summed E-state index contributed by atoms with van der Waals surface area (Å²) in [6, 6.07) is 6.65. The minimum Gasteiger partial charge on any atom is -0.368 e. The summed E-state index contributed by atoms with van der Waals surface area (Å²) in [5.41, 5.74) is 4.54. The molecule has 2 nitrogen and oxygen atoms in total. The highest BCUT2D eigenvalue weighted by atomic mass is 15.2. The van der Waals surface area contributed by atoms with E-state index in [0.717, 1.165) is 19.6 Å². The molecule has 0 amide bonds. The maximum atomic E-state index is 3.72. The van der Waals surface area contributed by atoms with E-state index in [-0.39, 0.29) is 0 Å². The molecule has 0 aliphatic carbocycles. The van der Waals surface area contributed by atoms with Crippen LogP contribution in [-0.4, -0.2) is 25.2 Å². The zero-order chi connectivity index (χ0) is 13.2. The molecule has 18 heavy (non-hydrogen) atoms. The van der Waals surface area contributed by atoms with Crippen molar-refractivity contribution in [1.82, 2.24) is 5.32 Å². The van der Waals surface area contributed by atoms with Crippen molar-refractivity contribution in [2.45, 2.75) is 46.1 Å². The summed E-state index contributed by atoms with van der Waals surface area (Å²) < 4.78 is 0. The average molecular weight is 246 g/mol. The molecule has 1 fully saturated rings. The molecule has 1 N–H and O–H groups in total. The summed E-state index contributed by atoms with van der Waals surface area (Å²) in [5, 5.41) is 3.72. The third kappa shape index (κ3) is 2.39. The smallest absolute Gasteiger partial charge is 0.0399 e. The van der Waals surface area contributed by atoms with E-state index in [1.807, 2.05) is 0 Å². The fourth-order valence-electron chi connectivity index (χ4n) is 2.96. The van der Waals surface area contributed by atoms with E-state index in [9.17, 15) is 0 Å². The Hall–Kier alpha value is -1.02. The van der Waals surface area contributed by atoms with E-state index >= 15 is 0 Å². The first-order valence-corrected chi connectivity index (χ1v) is 7.18. The van der Waals surface area contributed by atoms with Crippen LogP contribution in [-0.2, 0) is 0 Å². The van der Waals surface area contributed by atoms with Crippen LogP contribution in [0.5, 0.6) is 0 Å². The van der Waals surface area contributed by atoms with Gasteiger partial charge in [0.05, 0.1) is 0 Å². The summed E-state index contributed by atoms with van der Waals surface area (Å²) in [5.74, 6) is 0. The van der Waals surface area contributed by atoms with E-state index in [1.54, 1.807) is 0 Å². The Labute approximate surface area is 111 Å². The molecule has 0 bridgehead atoms. The third-order valence-electron chi connectivity index (χ3n) is 4.65. The molecule has 1 saturated heterocycles. The molecular weight excluding hydrogens is 220 g/mol. The highest BCUT2D eigenvalue weighted by Crippen LogP contribution is 2.28. The lowest BCUT2D eigenvalue weighted by atomic mass is 9.89. The number of anilines is 1. The third-order valence-corrected chi connectivity index (χ3v) is 4.65. The molecule has 0 aromatic heterocycles. The predicted octanol–water partition coefficient (Wildman–Crippen LogP) is 3.27. The van der Waals surface area contributed by atoms with Gasteiger partial charge in [0.1, 0.15) is 0 Å². The van der Waals surface area contributed by atoms with Crippen LogP contribution < -0.4 is 10.2 Å². The van der Waals surface area contributed by atoms with Crippen molar-refractivity contribution in [1.29, 1.82) is 0 Å². The molecule has 0 radical (unpaired) electrons. The second-order valence-corrected chi connectivity index (χ2v) is 5.55. The zero-order valence-electron chi connectivity index (χ0n) is 12.2. The van der Waals surface area contributed by atoms with Crippen molar-refractivity contribution < 1.29 is 0 Å².